The lowest BCUT2D eigenvalue weighted by Crippen LogP contribution is -2.26. The molecule has 0 unspecified atom stereocenters. The summed E-state index contributed by atoms with van der Waals surface area (Å²) in [7, 11) is 0. The van der Waals surface area contributed by atoms with Crippen LogP contribution < -0.4 is 11.5 Å². The molecule has 1 atom stereocenters. The Bertz CT molecular complexity index is 84.1. The Labute approximate surface area is 47.5 Å². The molecular weight excluding hydrogens is 108 g/mol. The predicted octanol–water partition coefficient (Wildman–Crippen LogP) is -1.82. The first-order valence-corrected chi connectivity index (χ1v) is 2.33. The first-order valence-electron chi connectivity index (χ1n) is 2.33. The number of hydrogen-bond donors (Lipinski definition) is 3. The molecule has 0 spiro atoms. The van der Waals surface area contributed by atoms with Gasteiger partial charge in [0.1, 0.15) is 0 Å². The first-order chi connectivity index (χ1) is 3.66. The molecule has 1 amide bonds. The molecule has 0 saturated carbocycles. The molecule has 5 N–H and O–H groups in total. The lowest BCUT2D eigenvalue weighted by atomic mass is 10.2. The Morgan fingerprint density at radius 1 is 1.75 bits per heavy atom. The van der Waals surface area contributed by atoms with Crippen LogP contribution in [0.25, 0.3) is 0 Å². The van der Waals surface area contributed by atoms with Gasteiger partial charge in [-0.25, -0.2) is 0 Å². The Hall–Kier alpha value is -0.610. The van der Waals surface area contributed by atoms with Gasteiger partial charge in [-0.15, -0.1) is 0 Å². The van der Waals surface area contributed by atoms with Crippen LogP contribution in [0.15, 0.2) is 0 Å². The molecule has 0 aliphatic heterocycles. The maximum absolute atomic E-state index is 9.98. The smallest absolute Gasteiger partial charge is 0.220 e. The summed E-state index contributed by atoms with van der Waals surface area (Å²) < 4.78 is 0. The van der Waals surface area contributed by atoms with Crippen molar-refractivity contribution in [3.8, 4) is 0 Å². The van der Waals surface area contributed by atoms with Gasteiger partial charge in [0.15, 0.2) is 0 Å². The third-order valence-electron chi connectivity index (χ3n) is 0.709. The fourth-order valence-corrected chi connectivity index (χ4v) is 0.316. The minimum absolute atomic E-state index is 0.0451. The number of nitrogens with two attached hydrogens (primary N) is 2. The van der Waals surface area contributed by atoms with Gasteiger partial charge in [0.05, 0.1) is 12.5 Å². The zero-order valence-corrected chi connectivity index (χ0v) is 4.50. The molecule has 0 saturated heterocycles. The van der Waals surface area contributed by atoms with Crippen LogP contribution >= 0.6 is 0 Å². The molecule has 4 nitrogen and oxygen atoms in total. The van der Waals surface area contributed by atoms with E-state index >= 15 is 0 Å². The predicted molar refractivity (Wildman–Crippen MR) is 28.9 cm³/mol. The minimum Gasteiger partial charge on any atom is -0.391 e. The van der Waals surface area contributed by atoms with Crippen LogP contribution in [0.2, 0.25) is 0 Å². The highest BCUT2D eigenvalue weighted by Crippen LogP contribution is 1.84. The molecule has 0 aromatic carbocycles. The van der Waals surface area contributed by atoms with Gasteiger partial charge in [0.25, 0.3) is 0 Å². The second-order valence-electron chi connectivity index (χ2n) is 1.56. The molecule has 0 aromatic rings. The number of carbonyl (C=O) groups is 1. The maximum atomic E-state index is 9.98. The van der Waals surface area contributed by atoms with Gasteiger partial charge in [-0.3, -0.25) is 4.79 Å². The monoisotopic (exact) mass is 118 g/mol. The van der Waals surface area contributed by atoms with Crippen molar-refractivity contribution in [3.05, 3.63) is 0 Å². The van der Waals surface area contributed by atoms with Gasteiger partial charge in [0, 0.05) is 6.54 Å². The average molecular weight is 118 g/mol. The Morgan fingerprint density at radius 2 is 2.25 bits per heavy atom. The van der Waals surface area contributed by atoms with Crippen LogP contribution in [0.3, 0.4) is 0 Å². The second kappa shape index (κ2) is 3.40. The van der Waals surface area contributed by atoms with Crippen molar-refractivity contribution in [1.29, 1.82) is 0 Å². The van der Waals surface area contributed by atoms with E-state index in [0.29, 0.717) is 0 Å². The van der Waals surface area contributed by atoms with E-state index in [4.69, 9.17) is 16.6 Å². The quantitative estimate of drug-likeness (QED) is 0.407. The normalized spacial score (nSPS) is 13.2. The number of carbonyl (C=O) groups excluding carboxylic acids is 1. The molecule has 4 heteroatoms. The van der Waals surface area contributed by atoms with Crippen LogP contribution in [-0.2, 0) is 4.79 Å². The largest absolute Gasteiger partial charge is 0.391 e. The molecule has 0 radical (unpaired) electrons. The Balaban J connectivity index is 3.24. The van der Waals surface area contributed by atoms with Crippen molar-refractivity contribution in [3.63, 3.8) is 0 Å². The standard InChI is InChI=1S/C4H10N2O2/c5-2-3(7)1-4(6)8/h3,7H,1-2,5H2,(H2,6,8)/t3-/m0/s1. The van der Waals surface area contributed by atoms with Gasteiger partial charge >= 0.3 is 0 Å². The van der Waals surface area contributed by atoms with E-state index in [1.54, 1.807) is 0 Å². The highest BCUT2D eigenvalue weighted by atomic mass is 16.3. The van der Waals surface area contributed by atoms with Crippen LogP contribution in [0.1, 0.15) is 6.42 Å². The van der Waals surface area contributed by atoms with Crippen molar-refractivity contribution in [1.82, 2.24) is 0 Å². The highest BCUT2D eigenvalue weighted by Gasteiger charge is 2.03. The number of aliphatic hydroxyl groups is 1. The Kier molecular flexibility index (Phi) is 3.14. The van der Waals surface area contributed by atoms with Gasteiger partial charge in [0.2, 0.25) is 5.91 Å². The highest BCUT2D eigenvalue weighted by molar-refractivity contribution is 5.74. The molecule has 0 fully saturated rings. The molecule has 0 bridgehead atoms. The fourth-order valence-electron chi connectivity index (χ4n) is 0.316. The van der Waals surface area contributed by atoms with E-state index in [2.05, 4.69) is 0 Å². The lowest BCUT2D eigenvalue weighted by Gasteiger charge is -2.01. The van der Waals surface area contributed by atoms with Gasteiger partial charge in [-0.05, 0) is 0 Å². The van der Waals surface area contributed by atoms with Crippen LogP contribution in [-0.4, -0.2) is 23.7 Å². The second-order valence-corrected chi connectivity index (χ2v) is 1.56. The van der Waals surface area contributed by atoms with Crippen LogP contribution in [0.4, 0.5) is 0 Å². The van der Waals surface area contributed by atoms with Gasteiger partial charge in [-0.2, -0.15) is 0 Å². The molecule has 0 aromatic heterocycles. The van der Waals surface area contributed by atoms with Crippen molar-refractivity contribution in [2.75, 3.05) is 6.54 Å². The summed E-state index contributed by atoms with van der Waals surface area (Å²) >= 11 is 0. The molecule has 0 aliphatic rings. The van der Waals surface area contributed by atoms with Crippen molar-refractivity contribution >= 4 is 5.91 Å². The number of aliphatic hydroxyl groups excluding tert-OH is 1. The van der Waals surface area contributed by atoms with Gasteiger partial charge < -0.3 is 16.6 Å². The summed E-state index contributed by atoms with van der Waals surface area (Å²) in [6.45, 7) is 0.0862. The zero-order valence-electron chi connectivity index (χ0n) is 4.50. The number of amides is 1. The van der Waals surface area contributed by atoms with Crippen molar-refractivity contribution < 1.29 is 9.90 Å². The zero-order chi connectivity index (χ0) is 6.57. The summed E-state index contributed by atoms with van der Waals surface area (Å²) in [5.41, 5.74) is 9.68. The van der Waals surface area contributed by atoms with Crippen molar-refractivity contribution in [2.45, 2.75) is 12.5 Å². The minimum atomic E-state index is -0.771. The summed E-state index contributed by atoms with van der Waals surface area (Å²) in [6.07, 6.45) is -0.816. The van der Waals surface area contributed by atoms with Crippen molar-refractivity contribution in [2.24, 2.45) is 11.5 Å². The number of hydrogen-bond acceptors (Lipinski definition) is 3. The number of rotatable bonds is 3. The average Bonchev–Trinajstić information content (AvgIpc) is 1.65. The van der Waals surface area contributed by atoms with Crippen LogP contribution in [0, 0.1) is 0 Å². The SMILES string of the molecule is NC[C@@H](O)CC(N)=O. The van der Waals surface area contributed by atoms with E-state index < -0.39 is 12.0 Å². The van der Waals surface area contributed by atoms with Crippen LogP contribution in [0.5, 0.6) is 0 Å². The molecule has 0 aliphatic carbocycles. The summed E-state index contributed by atoms with van der Waals surface area (Å²) in [5.74, 6) is -0.525. The molecule has 0 rings (SSSR count). The summed E-state index contributed by atoms with van der Waals surface area (Å²) in [5, 5.41) is 8.60. The maximum Gasteiger partial charge on any atom is 0.220 e. The fraction of sp³-hybridized carbons (Fsp3) is 0.750. The van der Waals surface area contributed by atoms with E-state index in [9.17, 15) is 4.79 Å². The molecular formula is C4H10N2O2. The van der Waals surface area contributed by atoms with E-state index in [1.807, 2.05) is 0 Å². The Morgan fingerprint density at radius 3 is 2.38 bits per heavy atom. The number of primary amides is 1. The van der Waals surface area contributed by atoms with E-state index in [0.717, 1.165) is 0 Å². The third kappa shape index (κ3) is 3.58. The van der Waals surface area contributed by atoms with E-state index in [1.165, 1.54) is 0 Å². The third-order valence-corrected chi connectivity index (χ3v) is 0.709. The summed E-state index contributed by atoms with van der Waals surface area (Å²) in [4.78, 5) is 9.98. The summed E-state index contributed by atoms with van der Waals surface area (Å²) in [6, 6.07) is 0. The molecule has 8 heavy (non-hydrogen) atoms. The van der Waals surface area contributed by atoms with E-state index in [-0.39, 0.29) is 13.0 Å². The van der Waals surface area contributed by atoms with Gasteiger partial charge in [-0.1, -0.05) is 0 Å². The molecule has 48 valence electrons. The lowest BCUT2D eigenvalue weighted by molar-refractivity contribution is -0.119. The molecule has 0 heterocycles. The first kappa shape index (κ1) is 7.39. The topological polar surface area (TPSA) is 89.3 Å².